The number of halogens is 1. The van der Waals surface area contributed by atoms with Gasteiger partial charge in [-0.3, -0.25) is 0 Å². The summed E-state index contributed by atoms with van der Waals surface area (Å²) in [6.45, 7) is 0. The first-order chi connectivity index (χ1) is 9.74. The lowest BCUT2D eigenvalue weighted by Crippen LogP contribution is -1.88. The Morgan fingerprint density at radius 2 is 1.95 bits per heavy atom. The van der Waals surface area contributed by atoms with E-state index in [1.807, 2.05) is 6.07 Å². The van der Waals surface area contributed by atoms with E-state index in [1.54, 1.807) is 17.6 Å². The molecule has 1 heterocycles. The topological polar surface area (TPSA) is 33.1 Å². The van der Waals surface area contributed by atoms with Gasteiger partial charge in [-0.15, -0.1) is 11.3 Å². The average molecular weight is 285 g/mol. The van der Waals surface area contributed by atoms with Gasteiger partial charge in [0.05, 0.1) is 15.7 Å². The van der Waals surface area contributed by atoms with E-state index in [4.69, 9.17) is 0 Å². The summed E-state index contributed by atoms with van der Waals surface area (Å²) in [6, 6.07) is 8.25. The second kappa shape index (κ2) is 4.28. The monoisotopic (exact) mass is 285 g/mol. The lowest BCUT2D eigenvalue weighted by Gasteiger charge is -2.11. The Hall–Kier alpha value is -1.94. The molecular formula is C16H12FNOS. The molecule has 0 amide bonds. The fraction of sp³-hybridized carbons (Fsp3) is 0.188. The number of hydrogen-bond donors (Lipinski definition) is 1. The first-order valence-electron chi connectivity index (χ1n) is 6.59. The Labute approximate surface area is 119 Å². The third-order valence-corrected chi connectivity index (χ3v) is 4.63. The normalized spacial score (nSPS) is 14.8. The van der Waals surface area contributed by atoms with Crippen molar-refractivity contribution in [1.29, 1.82) is 0 Å². The summed E-state index contributed by atoms with van der Waals surface area (Å²) in [4.78, 5) is 4.37. The quantitative estimate of drug-likeness (QED) is 0.741. The fourth-order valence-corrected chi connectivity index (χ4v) is 3.44. The molecule has 0 spiro atoms. The highest BCUT2D eigenvalue weighted by atomic mass is 32.1. The van der Waals surface area contributed by atoms with Gasteiger partial charge in [0.15, 0.2) is 0 Å². The molecule has 0 saturated heterocycles. The van der Waals surface area contributed by atoms with Gasteiger partial charge in [-0.1, -0.05) is 12.1 Å². The highest BCUT2D eigenvalue weighted by molar-refractivity contribution is 7.17. The van der Waals surface area contributed by atoms with Crippen LogP contribution in [0, 0.1) is 5.82 Å². The molecule has 1 saturated carbocycles. The van der Waals surface area contributed by atoms with Crippen LogP contribution in [0.5, 0.6) is 5.75 Å². The summed E-state index contributed by atoms with van der Waals surface area (Å²) in [5.41, 5.74) is 5.29. The molecular weight excluding hydrogens is 273 g/mol. The molecule has 1 aliphatic carbocycles. The predicted molar refractivity (Wildman–Crippen MR) is 78.7 cm³/mol. The number of hydrogen-bond acceptors (Lipinski definition) is 3. The van der Waals surface area contributed by atoms with Crippen LogP contribution >= 0.6 is 11.3 Å². The molecule has 3 aromatic rings. The molecule has 2 aromatic carbocycles. The third kappa shape index (κ3) is 1.79. The SMILES string of the molecule is Oc1c(C2CC2)cc2ncsc2c1-c1ccc(F)cc1. The number of rotatable bonds is 2. The van der Waals surface area contributed by atoms with Gasteiger partial charge in [0, 0.05) is 5.56 Å². The van der Waals surface area contributed by atoms with Crippen molar-refractivity contribution in [3.8, 4) is 16.9 Å². The highest BCUT2D eigenvalue weighted by Crippen LogP contribution is 2.50. The smallest absolute Gasteiger partial charge is 0.128 e. The molecule has 1 N–H and O–H groups in total. The maximum absolute atomic E-state index is 13.1. The van der Waals surface area contributed by atoms with Crippen molar-refractivity contribution in [2.75, 3.05) is 0 Å². The van der Waals surface area contributed by atoms with E-state index in [2.05, 4.69) is 4.98 Å². The van der Waals surface area contributed by atoms with Crippen molar-refractivity contribution < 1.29 is 9.50 Å². The maximum Gasteiger partial charge on any atom is 0.128 e. The minimum absolute atomic E-state index is 0.271. The number of phenolic OH excluding ortho intramolecular Hbond substituents is 1. The second-order valence-corrected chi connectivity index (χ2v) is 6.03. The first kappa shape index (κ1) is 11.9. The van der Waals surface area contributed by atoms with E-state index in [-0.39, 0.29) is 5.82 Å². The number of phenols is 1. The number of fused-ring (bicyclic) bond motifs is 1. The van der Waals surface area contributed by atoms with Gasteiger partial charge in [0.1, 0.15) is 11.6 Å². The minimum atomic E-state index is -0.271. The Morgan fingerprint density at radius 3 is 2.65 bits per heavy atom. The van der Waals surface area contributed by atoms with Crippen molar-refractivity contribution in [1.82, 2.24) is 4.98 Å². The van der Waals surface area contributed by atoms with Crippen LogP contribution in [0.25, 0.3) is 21.3 Å². The minimum Gasteiger partial charge on any atom is -0.507 e. The molecule has 0 atom stereocenters. The van der Waals surface area contributed by atoms with Gasteiger partial charge in [-0.25, -0.2) is 9.37 Å². The van der Waals surface area contributed by atoms with E-state index in [0.717, 1.165) is 39.7 Å². The van der Waals surface area contributed by atoms with Crippen LogP contribution in [0.3, 0.4) is 0 Å². The Morgan fingerprint density at radius 1 is 1.20 bits per heavy atom. The standard InChI is InChI=1S/C16H12FNOS/c17-11-5-3-10(4-6-11)14-15(19)12(9-1-2-9)7-13-16(14)20-8-18-13/h3-9,19H,1-2H2. The van der Waals surface area contributed by atoms with Gasteiger partial charge in [-0.05, 0) is 48.1 Å². The first-order valence-corrected chi connectivity index (χ1v) is 7.47. The van der Waals surface area contributed by atoms with E-state index in [9.17, 15) is 9.50 Å². The number of nitrogens with zero attached hydrogens (tertiary/aromatic N) is 1. The van der Waals surface area contributed by atoms with Crippen molar-refractivity contribution in [3.05, 3.63) is 47.2 Å². The molecule has 20 heavy (non-hydrogen) atoms. The number of aromatic hydroxyl groups is 1. The molecule has 2 nitrogen and oxygen atoms in total. The van der Waals surface area contributed by atoms with Gasteiger partial charge >= 0.3 is 0 Å². The number of benzene rings is 2. The molecule has 1 fully saturated rings. The van der Waals surface area contributed by atoms with Gasteiger partial charge in [0.2, 0.25) is 0 Å². The van der Waals surface area contributed by atoms with Crippen LogP contribution in [-0.2, 0) is 0 Å². The van der Waals surface area contributed by atoms with Gasteiger partial charge in [-0.2, -0.15) is 0 Å². The van der Waals surface area contributed by atoms with E-state index >= 15 is 0 Å². The fourth-order valence-electron chi connectivity index (χ4n) is 2.60. The molecule has 4 rings (SSSR count). The van der Waals surface area contributed by atoms with Crippen LogP contribution in [-0.4, -0.2) is 10.1 Å². The molecule has 0 bridgehead atoms. The Kier molecular flexibility index (Phi) is 2.54. The lowest BCUT2D eigenvalue weighted by atomic mass is 9.98. The maximum atomic E-state index is 13.1. The van der Waals surface area contributed by atoms with E-state index < -0.39 is 0 Å². The highest BCUT2D eigenvalue weighted by Gasteiger charge is 2.29. The summed E-state index contributed by atoms with van der Waals surface area (Å²) in [5, 5.41) is 10.6. The summed E-state index contributed by atoms with van der Waals surface area (Å²) in [7, 11) is 0. The van der Waals surface area contributed by atoms with Crippen molar-refractivity contribution in [3.63, 3.8) is 0 Å². The zero-order valence-electron chi connectivity index (χ0n) is 10.6. The lowest BCUT2D eigenvalue weighted by molar-refractivity contribution is 0.471. The number of aromatic nitrogens is 1. The predicted octanol–water partition coefficient (Wildman–Crippen LogP) is 4.69. The summed E-state index contributed by atoms with van der Waals surface area (Å²) >= 11 is 1.50. The molecule has 1 aromatic heterocycles. The molecule has 100 valence electrons. The average Bonchev–Trinajstić information content (AvgIpc) is 3.18. The number of thiazole rings is 1. The third-order valence-electron chi connectivity index (χ3n) is 3.77. The van der Waals surface area contributed by atoms with Gasteiger partial charge in [0.25, 0.3) is 0 Å². The van der Waals surface area contributed by atoms with Crippen LogP contribution in [0.1, 0.15) is 24.3 Å². The van der Waals surface area contributed by atoms with Crippen molar-refractivity contribution in [2.24, 2.45) is 0 Å². The Balaban J connectivity index is 2.02. The molecule has 0 unspecified atom stereocenters. The molecule has 0 radical (unpaired) electrons. The van der Waals surface area contributed by atoms with Crippen LogP contribution < -0.4 is 0 Å². The second-order valence-electron chi connectivity index (χ2n) is 5.17. The van der Waals surface area contributed by atoms with Crippen LogP contribution in [0.2, 0.25) is 0 Å². The van der Waals surface area contributed by atoms with Gasteiger partial charge < -0.3 is 5.11 Å². The summed E-state index contributed by atoms with van der Waals surface area (Å²) in [5.74, 6) is 0.503. The molecule has 0 aliphatic heterocycles. The van der Waals surface area contributed by atoms with E-state index in [0.29, 0.717) is 11.7 Å². The zero-order valence-corrected chi connectivity index (χ0v) is 11.5. The zero-order chi connectivity index (χ0) is 13.7. The Bertz CT molecular complexity index is 790. The van der Waals surface area contributed by atoms with Crippen LogP contribution in [0.4, 0.5) is 4.39 Å². The molecule has 4 heteroatoms. The summed E-state index contributed by atoms with van der Waals surface area (Å²) in [6.07, 6.45) is 2.23. The van der Waals surface area contributed by atoms with Crippen molar-refractivity contribution in [2.45, 2.75) is 18.8 Å². The van der Waals surface area contributed by atoms with Crippen LogP contribution in [0.15, 0.2) is 35.8 Å². The van der Waals surface area contributed by atoms with Crippen molar-refractivity contribution >= 4 is 21.6 Å². The molecule has 1 aliphatic rings. The van der Waals surface area contributed by atoms with E-state index in [1.165, 1.54) is 23.5 Å². The largest absolute Gasteiger partial charge is 0.507 e. The summed E-state index contributed by atoms with van der Waals surface area (Å²) < 4.78 is 14.1.